The van der Waals surface area contributed by atoms with Crippen molar-refractivity contribution in [3.63, 3.8) is 0 Å². The summed E-state index contributed by atoms with van der Waals surface area (Å²) in [6.07, 6.45) is 1.75. The van der Waals surface area contributed by atoms with E-state index in [9.17, 15) is 9.59 Å². The molecule has 0 bridgehead atoms. The van der Waals surface area contributed by atoms with E-state index in [1.165, 1.54) is 0 Å². The number of rotatable bonds is 8. The number of ether oxygens (including phenoxy) is 1. The van der Waals surface area contributed by atoms with E-state index in [1.54, 1.807) is 0 Å². The molecule has 5 heteroatoms. The van der Waals surface area contributed by atoms with Crippen molar-refractivity contribution < 1.29 is 14.3 Å². The van der Waals surface area contributed by atoms with E-state index in [0.717, 1.165) is 6.42 Å². The van der Waals surface area contributed by atoms with Crippen LogP contribution in [0.25, 0.3) is 0 Å². The second kappa shape index (κ2) is 9.03. The van der Waals surface area contributed by atoms with Crippen molar-refractivity contribution in [1.82, 2.24) is 10.6 Å². The monoisotopic (exact) mass is 300 g/mol. The van der Waals surface area contributed by atoms with Gasteiger partial charge in [0.05, 0.1) is 13.2 Å². The lowest BCUT2D eigenvalue weighted by molar-refractivity contribution is -0.124. The Balaban J connectivity index is 3.52. The molecule has 0 atom stereocenters. The summed E-state index contributed by atoms with van der Waals surface area (Å²) in [4.78, 5) is 23.1. The molecule has 2 amide bonds. The third kappa shape index (κ3) is 15.1. The number of amides is 2. The molecule has 0 aliphatic carbocycles. The van der Waals surface area contributed by atoms with Crippen molar-refractivity contribution in [2.75, 3.05) is 19.8 Å². The Morgan fingerprint density at radius 1 is 0.905 bits per heavy atom. The SMILES string of the molecule is CC(C)(C)CCC(=O)NCCOCCC(=O)NC(C)(C)C. The lowest BCUT2D eigenvalue weighted by Gasteiger charge is -2.20. The molecule has 21 heavy (non-hydrogen) atoms. The molecule has 0 radical (unpaired) electrons. The molecule has 0 aromatic carbocycles. The molecule has 0 aliphatic rings. The molecule has 0 rings (SSSR count). The molecule has 0 spiro atoms. The summed E-state index contributed by atoms with van der Waals surface area (Å²) in [5.74, 6) is 0.0377. The zero-order valence-electron chi connectivity index (χ0n) is 14.5. The number of carbonyl (C=O) groups excluding carboxylic acids is 2. The van der Waals surface area contributed by atoms with Crippen LogP contribution in [0.1, 0.15) is 60.8 Å². The van der Waals surface area contributed by atoms with Crippen LogP contribution < -0.4 is 10.6 Å². The van der Waals surface area contributed by atoms with Crippen molar-refractivity contribution in [3.8, 4) is 0 Å². The van der Waals surface area contributed by atoms with E-state index in [1.807, 2.05) is 20.8 Å². The van der Waals surface area contributed by atoms with E-state index >= 15 is 0 Å². The fourth-order valence-corrected chi connectivity index (χ4v) is 1.59. The van der Waals surface area contributed by atoms with Gasteiger partial charge in [0.15, 0.2) is 0 Å². The number of hydrogen-bond acceptors (Lipinski definition) is 3. The average molecular weight is 300 g/mol. The zero-order chi connectivity index (χ0) is 16.5. The zero-order valence-corrected chi connectivity index (χ0v) is 14.5. The average Bonchev–Trinajstić information content (AvgIpc) is 2.27. The van der Waals surface area contributed by atoms with Gasteiger partial charge in [0.25, 0.3) is 0 Å². The van der Waals surface area contributed by atoms with Crippen LogP contribution in [0.15, 0.2) is 0 Å². The van der Waals surface area contributed by atoms with Crippen molar-refractivity contribution in [2.45, 2.75) is 66.3 Å². The predicted octanol–water partition coefficient (Wildman–Crippen LogP) is 2.25. The second-order valence-corrected chi connectivity index (χ2v) is 7.57. The Bertz CT molecular complexity index is 327. The molecule has 2 N–H and O–H groups in total. The minimum absolute atomic E-state index is 0.0169. The highest BCUT2D eigenvalue weighted by molar-refractivity contribution is 5.76. The van der Waals surface area contributed by atoms with Gasteiger partial charge in [-0.1, -0.05) is 20.8 Å². The predicted molar refractivity (Wildman–Crippen MR) is 85.0 cm³/mol. The minimum atomic E-state index is -0.210. The first-order valence-electron chi connectivity index (χ1n) is 7.65. The highest BCUT2D eigenvalue weighted by atomic mass is 16.5. The van der Waals surface area contributed by atoms with Gasteiger partial charge in [0.2, 0.25) is 11.8 Å². The normalized spacial score (nSPS) is 12.1. The van der Waals surface area contributed by atoms with Gasteiger partial charge in [0, 0.05) is 24.9 Å². The van der Waals surface area contributed by atoms with Gasteiger partial charge < -0.3 is 15.4 Å². The topological polar surface area (TPSA) is 67.4 Å². The van der Waals surface area contributed by atoms with Gasteiger partial charge in [-0.2, -0.15) is 0 Å². The van der Waals surface area contributed by atoms with Gasteiger partial charge in [-0.25, -0.2) is 0 Å². The van der Waals surface area contributed by atoms with Crippen LogP contribution in [0.4, 0.5) is 0 Å². The minimum Gasteiger partial charge on any atom is -0.379 e. The first kappa shape index (κ1) is 19.9. The van der Waals surface area contributed by atoms with Gasteiger partial charge >= 0.3 is 0 Å². The molecule has 0 aromatic rings. The first-order chi connectivity index (χ1) is 9.49. The van der Waals surface area contributed by atoms with Gasteiger partial charge in [-0.3, -0.25) is 9.59 Å². The Morgan fingerprint density at radius 2 is 1.52 bits per heavy atom. The van der Waals surface area contributed by atoms with E-state index in [4.69, 9.17) is 4.74 Å². The van der Waals surface area contributed by atoms with Gasteiger partial charge in [-0.15, -0.1) is 0 Å². The molecule has 0 fully saturated rings. The third-order valence-corrected chi connectivity index (χ3v) is 2.66. The molecule has 0 aromatic heterocycles. The fourth-order valence-electron chi connectivity index (χ4n) is 1.59. The number of carbonyl (C=O) groups is 2. The smallest absolute Gasteiger partial charge is 0.222 e. The van der Waals surface area contributed by atoms with Crippen LogP contribution in [0.3, 0.4) is 0 Å². The van der Waals surface area contributed by atoms with E-state index in [-0.39, 0.29) is 22.8 Å². The summed E-state index contributed by atoms with van der Waals surface area (Å²) in [7, 11) is 0. The van der Waals surface area contributed by atoms with Crippen molar-refractivity contribution in [3.05, 3.63) is 0 Å². The highest BCUT2D eigenvalue weighted by Crippen LogP contribution is 2.19. The van der Waals surface area contributed by atoms with Crippen LogP contribution in [0.2, 0.25) is 0 Å². The van der Waals surface area contributed by atoms with E-state index in [0.29, 0.717) is 32.6 Å². The Hall–Kier alpha value is -1.10. The second-order valence-electron chi connectivity index (χ2n) is 7.57. The summed E-state index contributed by atoms with van der Waals surface area (Å²) in [6.45, 7) is 13.5. The van der Waals surface area contributed by atoms with Crippen LogP contribution in [0.5, 0.6) is 0 Å². The fraction of sp³-hybridized carbons (Fsp3) is 0.875. The summed E-state index contributed by atoms with van der Waals surface area (Å²) in [6, 6.07) is 0. The summed E-state index contributed by atoms with van der Waals surface area (Å²) in [5.41, 5.74) is -0.0353. The van der Waals surface area contributed by atoms with E-state index in [2.05, 4.69) is 31.4 Å². The van der Waals surface area contributed by atoms with Crippen molar-refractivity contribution in [1.29, 1.82) is 0 Å². The molecule has 5 nitrogen and oxygen atoms in total. The molecular weight excluding hydrogens is 268 g/mol. The van der Waals surface area contributed by atoms with Crippen LogP contribution in [0, 0.1) is 5.41 Å². The molecule has 0 heterocycles. The molecule has 124 valence electrons. The largest absolute Gasteiger partial charge is 0.379 e. The van der Waals surface area contributed by atoms with Crippen LogP contribution in [-0.4, -0.2) is 37.1 Å². The molecule has 0 aliphatic heterocycles. The van der Waals surface area contributed by atoms with Crippen LogP contribution >= 0.6 is 0 Å². The summed E-state index contributed by atoms with van der Waals surface area (Å²) >= 11 is 0. The maximum atomic E-state index is 11.6. The standard InChI is InChI=1S/C16H32N2O3/c1-15(2,3)9-7-13(19)17-10-12-21-11-8-14(20)18-16(4,5)6/h7-12H2,1-6H3,(H,17,19)(H,18,20). The Kier molecular flexibility index (Phi) is 8.55. The van der Waals surface area contributed by atoms with Gasteiger partial charge in [0.1, 0.15) is 0 Å². The third-order valence-electron chi connectivity index (χ3n) is 2.66. The highest BCUT2D eigenvalue weighted by Gasteiger charge is 2.13. The van der Waals surface area contributed by atoms with Crippen LogP contribution in [-0.2, 0) is 14.3 Å². The lowest BCUT2D eigenvalue weighted by atomic mass is 9.90. The molecule has 0 saturated heterocycles. The number of hydrogen-bond donors (Lipinski definition) is 2. The maximum absolute atomic E-state index is 11.6. The maximum Gasteiger partial charge on any atom is 0.222 e. The number of nitrogens with one attached hydrogen (secondary N) is 2. The lowest BCUT2D eigenvalue weighted by Crippen LogP contribution is -2.41. The molecule has 0 unspecified atom stereocenters. The van der Waals surface area contributed by atoms with Crippen molar-refractivity contribution >= 4 is 11.8 Å². The molecular formula is C16H32N2O3. The Morgan fingerprint density at radius 3 is 2.05 bits per heavy atom. The molecule has 0 saturated carbocycles. The Labute approximate surface area is 129 Å². The van der Waals surface area contributed by atoms with Gasteiger partial charge in [-0.05, 0) is 32.6 Å². The summed E-state index contributed by atoms with van der Waals surface area (Å²) in [5, 5.41) is 5.69. The first-order valence-corrected chi connectivity index (χ1v) is 7.65. The quantitative estimate of drug-likeness (QED) is 0.676. The summed E-state index contributed by atoms with van der Waals surface area (Å²) < 4.78 is 5.34. The van der Waals surface area contributed by atoms with E-state index < -0.39 is 0 Å². The van der Waals surface area contributed by atoms with Crippen molar-refractivity contribution in [2.24, 2.45) is 5.41 Å².